The van der Waals surface area contributed by atoms with Crippen LogP contribution in [0.4, 0.5) is 0 Å². The van der Waals surface area contributed by atoms with Gasteiger partial charge in [0.25, 0.3) is 0 Å². The number of hydrogen-bond acceptors (Lipinski definition) is 4. The highest BCUT2D eigenvalue weighted by molar-refractivity contribution is 5.97. The highest BCUT2D eigenvalue weighted by Gasteiger charge is 2.31. The Hall–Kier alpha value is -4.58. The molecule has 0 saturated carbocycles. The van der Waals surface area contributed by atoms with E-state index in [-0.39, 0.29) is 24.4 Å². The second-order valence-electron chi connectivity index (χ2n) is 8.51. The Bertz CT molecular complexity index is 1220. The van der Waals surface area contributed by atoms with Crippen molar-refractivity contribution in [2.45, 2.75) is 25.2 Å². The van der Waals surface area contributed by atoms with Crippen LogP contribution in [0.3, 0.4) is 0 Å². The quantitative estimate of drug-likeness (QED) is 0.307. The lowest BCUT2D eigenvalue weighted by atomic mass is 9.71. The molecule has 0 fully saturated rings. The van der Waals surface area contributed by atoms with E-state index in [9.17, 15) is 19.2 Å². The fourth-order valence-corrected chi connectivity index (χ4v) is 4.03. The molecule has 0 atom stereocenters. The molecule has 0 aliphatic rings. The molecule has 3 aromatic carbocycles. The highest BCUT2D eigenvalue weighted by Crippen LogP contribution is 2.39. The Morgan fingerprint density at radius 3 is 1.31 bits per heavy atom. The van der Waals surface area contributed by atoms with Crippen molar-refractivity contribution in [2.24, 2.45) is 0 Å². The number of carboxylic acids is 2. The van der Waals surface area contributed by atoms with Gasteiger partial charge in [-0.2, -0.15) is 0 Å². The predicted molar refractivity (Wildman–Crippen MR) is 136 cm³/mol. The van der Waals surface area contributed by atoms with E-state index in [2.05, 4.69) is 6.92 Å². The third-order valence-corrected chi connectivity index (χ3v) is 5.99. The molecule has 0 heterocycles. The summed E-state index contributed by atoms with van der Waals surface area (Å²) in [5, 5.41) is 17.4. The molecule has 3 rings (SSSR count). The molecular formula is C30H26O6. The Balaban J connectivity index is 1.90. The van der Waals surface area contributed by atoms with Crippen LogP contribution in [0.15, 0.2) is 103 Å². The van der Waals surface area contributed by atoms with Gasteiger partial charge in [0.1, 0.15) is 0 Å². The maximum atomic E-state index is 12.0. The normalized spacial score (nSPS) is 11.6. The molecule has 0 amide bonds. The summed E-state index contributed by atoms with van der Waals surface area (Å²) < 4.78 is 0. The first-order chi connectivity index (χ1) is 17.2. The minimum Gasteiger partial charge on any atom is -0.478 e. The zero-order valence-electron chi connectivity index (χ0n) is 19.8. The topological polar surface area (TPSA) is 109 Å². The minimum atomic E-state index is -1.16. The van der Waals surface area contributed by atoms with Crippen molar-refractivity contribution in [2.75, 3.05) is 0 Å². The fraction of sp³-hybridized carbons (Fsp3) is 0.133. The average Bonchev–Trinajstić information content (AvgIpc) is 2.87. The zero-order chi connectivity index (χ0) is 26.1. The molecule has 0 radical (unpaired) electrons. The van der Waals surface area contributed by atoms with Crippen molar-refractivity contribution < 1.29 is 29.4 Å². The summed E-state index contributed by atoms with van der Waals surface area (Å²) in [6.45, 7) is 2.11. The van der Waals surface area contributed by atoms with Crippen molar-refractivity contribution in [1.29, 1.82) is 0 Å². The third-order valence-electron chi connectivity index (χ3n) is 5.99. The maximum Gasteiger partial charge on any atom is 0.328 e. The van der Waals surface area contributed by atoms with E-state index in [1.54, 1.807) is 0 Å². The van der Waals surface area contributed by atoms with Crippen molar-refractivity contribution >= 4 is 23.5 Å². The van der Waals surface area contributed by atoms with Gasteiger partial charge in [-0.25, -0.2) is 9.59 Å². The molecule has 182 valence electrons. The van der Waals surface area contributed by atoms with Crippen LogP contribution in [0, 0.1) is 0 Å². The molecule has 0 aromatic heterocycles. The fourth-order valence-electron chi connectivity index (χ4n) is 4.03. The number of carboxylic acid groups (broad SMARTS) is 2. The number of rotatable bonds is 11. The van der Waals surface area contributed by atoms with Crippen molar-refractivity contribution in [1.82, 2.24) is 0 Å². The molecule has 3 aromatic rings. The first kappa shape index (κ1) is 26.0. The molecule has 0 bridgehead atoms. The van der Waals surface area contributed by atoms with Gasteiger partial charge in [-0.05, 0) is 46.9 Å². The van der Waals surface area contributed by atoms with Crippen LogP contribution >= 0.6 is 0 Å². The number of carbonyl (C=O) groups excluding carboxylic acids is 2. The van der Waals surface area contributed by atoms with E-state index >= 15 is 0 Å². The summed E-state index contributed by atoms with van der Waals surface area (Å²) >= 11 is 0. The smallest absolute Gasteiger partial charge is 0.328 e. The summed E-state index contributed by atoms with van der Waals surface area (Å²) in [6.07, 6.45) is 4.00. The summed E-state index contributed by atoms with van der Waals surface area (Å²) in [7, 11) is 0. The van der Waals surface area contributed by atoms with Crippen LogP contribution in [0.2, 0.25) is 0 Å². The molecule has 6 nitrogen and oxygen atoms in total. The zero-order valence-corrected chi connectivity index (χ0v) is 19.8. The average molecular weight is 483 g/mol. The van der Waals surface area contributed by atoms with Gasteiger partial charge in [-0.1, -0.05) is 78.9 Å². The summed E-state index contributed by atoms with van der Waals surface area (Å²) in [5.41, 5.74) is 4.08. The monoisotopic (exact) mass is 482 g/mol. The molecule has 36 heavy (non-hydrogen) atoms. The van der Waals surface area contributed by atoms with Gasteiger partial charge in [-0.15, -0.1) is 0 Å². The number of aliphatic carboxylic acids is 2. The Labute approximate surface area is 209 Å². The van der Waals surface area contributed by atoms with E-state index in [1.807, 2.05) is 78.9 Å². The molecule has 0 aliphatic heterocycles. The Morgan fingerprint density at radius 1 is 0.583 bits per heavy atom. The Kier molecular flexibility index (Phi) is 8.47. The minimum absolute atomic E-state index is 0.102. The second kappa shape index (κ2) is 11.7. The van der Waals surface area contributed by atoms with Crippen molar-refractivity contribution in [3.8, 4) is 0 Å². The van der Waals surface area contributed by atoms with Crippen molar-refractivity contribution in [3.05, 3.63) is 131 Å². The molecule has 0 unspecified atom stereocenters. The number of benzene rings is 3. The SMILES string of the molecule is CC(c1ccccc1)(c1ccc(CC(=O)/C=C/C(=O)O)cc1)c1ccc(CC(=O)/C=C/C(=O)O)cc1. The molecule has 0 spiro atoms. The van der Waals surface area contributed by atoms with E-state index < -0.39 is 17.4 Å². The number of hydrogen-bond donors (Lipinski definition) is 2. The van der Waals surface area contributed by atoms with Crippen LogP contribution in [0.5, 0.6) is 0 Å². The van der Waals surface area contributed by atoms with Gasteiger partial charge in [0, 0.05) is 30.4 Å². The lowest BCUT2D eigenvalue weighted by Gasteiger charge is -2.32. The number of ketones is 2. The number of allylic oxidation sites excluding steroid dienone is 2. The summed E-state index contributed by atoms with van der Waals surface area (Å²) in [4.78, 5) is 45.3. The van der Waals surface area contributed by atoms with Crippen LogP contribution < -0.4 is 0 Å². The standard InChI is InChI=1S/C30H26O6/c1-30(23-5-3-2-4-6-23,24-11-7-21(8-12-24)19-26(31)15-17-28(33)34)25-13-9-22(10-14-25)20-27(32)16-18-29(35)36/h2-18H,19-20H2,1H3,(H,33,34)(H,35,36)/b17-15+,18-16+. The van der Waals surface area contributed by atoms with Crippen LogP contribution in [-0.4, -0.2) is 33.7 Å². The van der Waals surface area contributed by atoms with Gasteiger partial charge < -0.3 is 10.2 Å². The molecule has 0 saturated heterocycles. The summed E-state index contributed by atoms with van der Waals surface area (Å²) in [5.74, 6) is -2.91. The van der Waals surface area contributed by atoms with Crippen LogP contribution in [-0.2, 0) is 37.4 Å². The van der Waals surface area contributed by atoms with Crippen molar-refractivity contribution in [3.63, 3.8) is 0 Å². The van der Waals surface area contributed by atoms with Gasteiger partial charge >= 0.3 is 11.9 Å². The van der Waals surface area contributed by atoms with E-state index in [1.165, 1.54) is 0 Å². The highest BCUT2D eigenvalue weighted by atomic mass is 16.4. The largest absolute Gasteiger partial charge is 0.478 e. The molecular weight excluding hydrogens is 456 g/mol. The van der Waals surface area contributed by atoms with E-state index in [0.29, 0.717) is 0 Å². The first-order valence-corrected chi connectivity index (χ1v) is 11.3. The third kappa shape index (κ3) is 6.73. The van der Waals surface area contributed by atoms with Crippen LogP contribution in [0.1, 0.15) is 34.7 Å². The first-order valence-electron chi connectivity index (χ1n) is 11.3. The van der Waals surface area contributed by atoms with E-state index in [4.69, 9.17) is 10.2 Å². The van der Waals surface area contributed by atoms with Gasteiger partial charge in [0.15, 0.2) is 11.6 Å². The summed E-state index contributed by atoms with van der Waals surface area (Å²) in [6, 6.07) is 25.3. The maximum absolute atomic E-state index is 12.0. The lowest BCUT2D eigenvalue weighted by molar-refractivity contribution is -0.132. The number of carbonyl (C=O) groups is 4. The van der Waals surface area contributed by atoms with Gasteiger partial charge in [0.05, 0.1) is 0 Å². The molecule has 2 N–H and O–H groups in total. The van der Waals surface area contributed by atoms with E-state index in [0.717, 1.165) is 52.1 Å². The van der Waals surface area contributed by atoms with Gasteiger partial charge in [0.2, 0.25) is 0 Å². The molecule has 6 heteroatoms. The second-order valence-corrected chi connectivity index (χ2v) is 8.51. The van der Waals surface area contributed by atoms with Crippen LogP contribution in [0.25, 0.3) is 0 Å². The predicted octanol–water partition coefficient (Wildman–Crippen LogP) is 4.55. The lowest BCUT2D eigenvalue weighted by Crippen LogP contribution is -2.25. The Morgan fingerprint density at radius 2 is 0.944 bits per heavy atom. The van der Waals surface area contributed by atoms with Gasteiger partial charge in [-0.3, -0.25) is 9.59 Å². The molecule has 0 aliphatic carbocycles.